The van der Waals surface area contributed by atoms with Crippen LogP contribution in [0.15, 0.2) is 43.0 Å². The molecule has 0 saturated heterocycles. The molecule has 5 heteroatoms. The highest BCUT2D eigenvalue weighted by molar-refractivity contribution is 6.04. The lowest BCUT2D eigenvalue weighted by Crippen LogP contribution is -2.14. The number of anilines is 1. The lowest BCUT2D eigenvalue weighted by Gasteiger charge is -2.16. The molecule has 0 spiro atoms. The molecule has 0 fully saturated rings. The summed E-state index contributed by atoms with van der Waals surface area (Å²) in [6, 6.07) is 9.97. The third kappa shape index (κ3) is 3.44. The van der Waals surface area contributed by atoms with E-state index in [2.05, 4.69) is 29.0 Å². The minimum absolute atomic E-state index is 0.213. The van der Waals surface area contributed by atoms with Crippen LogP contribution in [0.3, 0.4) is 0 Å². The van der Waals surface area contributed by atoms with E-state index in [0.717, 1.165) is 52.7 Å². The molecule has 4 rings (SSSR count). The minimum Gasteiger partial charge on any atom is -0.369 e. The predicted molar refractivity (Wildman–Crippen MR) is 117 cm³/mol. The molecular weight excluding hydrogens is 362 g/mol. The average molecular weight is 387 g/mol. The first-order valence-electron chi connectivity index (χ1n) is 9.96. The van der Waals surface area contributed by atoms with Gasteiger partial charge < -0.3 is 16.0 Å². The van der Waals surface area contributed by atoms with Crippen molar-refractivity contribution in [1.29, 1.82) is 0 Å². The summed E-state index contributed by atoms with van der Waals surface area (Å²) in [5.41, 5.74) is 14.0. The fourth-order valence-corrected chi connectivity index (χ4v) is 4.38. The molecule has 1 heterocycles. The molecule has 2 amide bonds. The number of nitrogens with two attached hydrogens (primary N) is 1. The van der Waals surface area contributed by atoms with Crippen LogP contribution in [-0.4, -0.2) is 16.8 Å². The van der Waals surface area contributed by atoms with Crippen LogP contribution in [0.1, 0.15) is 35.2 Å². The molecule has 0 radical (unpaired) electrons. The Labute approximate surface area is 170 Å². The lowest BCUT2D eigenvalue weighted by molar-refractivity contribution is -0.117. The van der Waals surface area contributed by atoms with Crippen molar-refractivity contribution in [2.24, 2.45) is 5.73 Å². The van der Waals surface area contributed by atoms with Gasteiger partial charge in [-0.05, 0) is 72.6 Å². The first-order valence-corrected chi connectivity index (χ1v) is 9.96. The fourth-order valence-electron chi connectivity index (χ4n) is 4.38. The molecule has 5 nitrogen and oxygen atoms in total. The van der Waals surface area contributed by atoms with Gasteiger partial charge in [0.15, 0.2) is 0 Å². The van der Waals surface area contributed by atoms with Crippen LogP contribution in [0.25, 0.3) is 22.0 Å². The molecule has 1 aliphatic carbocycles. The Morgan fingerprint density at radius 3 is 2.72 bits per heavy atom. The van der Waals surface area contributed by atoms with Crippen LogP contribution >= 0.6 is 0 Å². The lowest BCUT2D eigenvalue weighted by atomic mass is 9.89. The third-order valence-corrected chi connectivity index (χ3v) is 5.77. The van der Waals surface area contributed by atoms with E-state index in [1.165, 1.54) is 29.1 Å². The molecule has 0 bridgehead atoms. The van der Waals surface area contributed by atoms with E-state index in [0.29, 0.717) is 0 Å². The second-order valence-corrected chi connectivity index (χ2v) is 7.63. The van der Waals surface area contributed by atoms with Gasteiger partial charge in [-0.25, -0.2) is 0 Å². The van der Waals surface area contributed by atoms with Gasteiger partial charge in [0.25, 0.3) is 0 Å². The molecule has 0 unspecified atom stereocenters. The zero-order chi connectivity index (χ0) is 20.5. The Morgan fingerprint density at radius 1 is 1.17 bits per heavy atom. The van der Waals surface area contributed by atoms with Gasteiger partial charge in [-0.1, -0.05) is 30.8 Å². The highest BCUT2D eigenvalue weighted by Crippen LogP contribution is 2.40. The number of carbonyl (C=O) groups is 2. The van der Waals surface area contributed by atoms with Crippen molar-refractivity contribution in [3.8, 4) is 11.1 Å². The zero-order valence-corrected chi connectivity index (χ0v) is 16.6. The number of nitrogens with one attached hydrogen (secondary N) is 2. The monoisotopic (exact) mass is 387 g/mol. The molecule has 0 aliphatic heterocycles. The smallest absolute Gasteiger partial charge is 0.247 e. The summed E-state index contributed by atoms with van der Waals surface area (Å²) >= 11 is 0. The molecule has 0 atom stereocenters. The number of rotatable bonds is 5. The van der Waals surface area contributed by atoms with Crippen molar-refractivity contribution >= 4 is 28.4 Å². The van der Waals surface area contributed by atoms with Crippen LogP contribution in [0.5, 0.6) is 0 Å². The summed E-state index contributed by atoms with van der Waals surface area (Å²) < 4.78 is 0. The van der Waals surface area contributed by atoms with Gasteiger partial charge in [0.2, 0.25) is 11.8 Å². The number of fused-ring (bicyclic) bond motifs is 3. The standard InChI is InChI=1S/C24H25N3O2/c1-3-22(29)26-19-10-6-8-16(14(19)2)17-12-11-15(13-21(25)28)24-23(17)18-7-4-5-9-20(18)27-24/h3,6,8,10-12,27H,1,4-5,7,9,13H2,2H3,(H2,25,28)(H,26,29). The highest BCUT2D eigenvalue weighted by Gasteiger charge is 2.22. The maximum atomic E-state index is 11.8. The van der Waals surface area contributed by atoms with Crippen molar-refractivity contribution < 1.29 is 9.59 Å². The molecule has 1 aromatic heterocycles. The summed E-state index contributed by atoms with van der Waals surface area (Å²) in [6.07, 6.45) is 5.86. The largest absolute Gasteiger partial charge is 0.369 e. The SMILES string of the molecule is C=CC(=O)Nc1cccc(-c2ccc(CC(N)=O)c3[nH]c4c(c23)CCCC4)c1C. The minimum atomic E-state index is -0.336. The predicted octanol–water partition coefficient (Wildman–Crippen LogP) is 4.17. The maximum absolute atomic E-state index is 11.8. The average Bonchev–Trinajstić information content (AvgIpc) is 3.10. The Bertz CT molecular complexity index is 1140. The van der Waals surface area contributed by atoms with Gasteiger partial charge in [-0.3, -0.25) is 9.59 Å². The topological polar surface area (TPSA) is 88.0 Å². The van der Waals surface area contributed by atoms with E-state index >= 15 is 0 Å². The number of carbonyl (C=O) groups excluding carboxylic acids is 2. The van der Waals surface area contributed by atoms with E-state index in [4.69, 9.17) is 5.73 Å². The molecule has 29 heavy (non-hydrogen) atoms. The van der Waals surface area contributed by atoms with Crippen LogP contribution in [0.4, 0.5) is 5.69 Å². The van der Waals surface area contributed by atoms with Crippen molar-refractivity contribution in [1.82, 2.24) is 4.98 Å². The number of H-pyrrole nitrogens is 1. The van der Waals surface area contributed by atoms with Crippen molar-refractivity contribution in [3.05, 3.63) is 65.4 Å². The highest BCUT2D eigenvalue weighted by atomic mass is 16.1. The summed E-state index contributed by atoms with van der Waals surface area (Å²) in [4.78, 5) is 27.0. The van der Waals surface area contributed by atoms with Crippen LogP contribution in [0, 0.1) is 6.92 Å². The third-order valence-electron chi connectivity index (χ3n) is 5.77. The molecular formula is C24H25N3O2. The molecule has 148 valence electrons. The Hall–Kier alpha value is -3.34. The first kappa shape index (κ1) is 19.0. The number of aromatic amines is 1. The van der Waals surface area contributed by atoms with E-state index in [-0.39, 0.29) is 18.2 Å². The van der Waals surface area contributed by atoms with E-state index < -0.39 is 0 Å². The van der Waals surface area contributed by atoms with Crippen molar-refractivity contribution in [3.63, 3.8) is 0 Å². The quantitative estimate of drug-likeness (QED) is 0.574. The summed E-state index contributed by atoms with van der Waals surface area (Å²) in [6.45, 7) is 5.54. The Kier molecular flexibility index (Phi) is 4.97. The fraction of sp³-hybridized carbons (Fsp3) is 0.250. The number of aromatic nitrogens is 1. The van der Waals surface area contributed by atoms with Crippen molar-refractivity contribution in [2.75, 3.05) is 5.32 Å². The van der Waals surface area contributed by atoms with Gasteiger partial charge in [0.1, 0.15) is 0 Å². The van der Waals surface area contributed by atoms with Gasteiger partial charge >= 0.3 is 0 Å². The number of primary amides is 1. The first-order chi connectivity index (χ1) is 14.0. The van der Waals surface area contributed by atoms with E-state index in [9.17, 15) is 9.59 Å². The summed E-state index contributed by atoms with van der Waals surface area (Å²) in [5.74, 6) is -0.567. The Balaban J connectivity index is 1.94. The molecule has 1 aliphatic rings. The summed E-state index contributed by atoms with van der Waals surface area (Å²) in [5, 5.41) is 4.06. The number of aryl methyl sites for hydroxylation is 2. The second-order valence-electron chi connectivity index (χ2n) is 7.63. The van der Waals surface area contributed by atoms with Gasteiger partial charge in [0.05, 0.1) is 11.9 Å². The number of benzene rings is 2. The van der Waals surface area contributed by atoms with Gasteiger partial charge in [-0.15, -0.1) is 0 Å². The van der Waals surface area contributed by atoms with Crippen molar-refractivity contribution in [2.45, 2.75) is 39.0 Å². The van der Waals surface area contributed by atoms with Gasteiger partial charge in [-0.2, -0.15) is 0 Å². The normalized spacial score (nSPS) is 13.1. The van der Waals surface area contributed by atoms with E-state index in [1.54, 1.807) is 0 Å². The number of hydrogen-bond donors (Lipinski definition) is 3. The van der Waals surface area contributed by atoms with Gasteiger partial charge in [0, 0.05) is 16.8 Å². The zero-order valence-electron chi connectivity index (χ0n) is 16.6. The van der Waals surface area contributed by atoms with E-state index in [1.807, 2.05) is 25.1 Å². The van der Waals surface area contributed by atoms with Crippen LogP contribution in [0.2, 0.25) is 0 Å². The molecule has 0 saturated carbocycles. The van der Waals surface area contributed by atoms with Crippen LogP contribution in [-0.2, 0) is 28.9 Å². The van der Waals surface area contributed by atoms with Crippen LogP contribution < -0.4 is 11.1 Å². The summed E-state index contributed by atoms with van der Waals surface area (Å²) in [7, 11) is 0. The second kappa shape index (κ2) is 7.59. The number of amides is 2. The maximum Gasteiger partial charge on any atom is 0.247 e. The molecule has 2 aromatic carbocycles. The number of hydrogen-bond acceptors (Lipinski definition) is 2. The molecule has 3 aromatic rings. The molecule has 4 N–H and O–H groups in total. The Morgan fingerprint density at radius 2 is 1.97 bits per heavy atom.